The predicted molar refractivity (Wildman–Crippen MR) is 153 cm³/mol. The van der Waals surface area contributed by atoms with Crippen molar-refractivity contribution < 1.29 is 9.18 Å². The summed E-state index contributed by atoms with van der Waals surface area (Å²) in [7, 11) is 0. The molecule has 0 radical (unpaired) electrons. The van der Waals surface area contributed by atoms with Crippen molar-refractivity contribution in [3.05, 3.63) is 127 Å². The molecule has 1 aromatic heterocycles. The van der Waals surface area contributed by atoms with Gasteiger partial charge in [0.1, 0.15) is 5.82 Å². The van der Waals surface area contributed by atoms with E-state index >= 15 is 0 Å². The van der Waals surface area contributed by atoms with Crippen molar-refractivity contribution in [3.8, 4) is 28.2 Å². The van der Waals surface area contributed by atoms with Crippen molar-refractivity contribution in [3.63, 3.8) is 0 Å². The van der Waals surface area contributed by atoms with Crippen LogP contribution >= 0.6 is 11.8 Å². The molecule has 0 saturated heterocycles. The summed E-state index contributed by atoms with van der Waals surface area (Å²) in [5.41, 5.74) is 5.31. The van der Waals surface area contributed by atoms with Crippen LogP contribution in [-0.4, -0.2) is 27.8 Å². The molecule has 0 fully saturated rings. The summed E-state index contributed by atoms with van der Waals surface area (Å²) in [6.07, 6.45) is 1.67. The van der Waals surface area contributed by atoms with Gasteiger partial charge in [-0.15, -0.1) is 0 Å². The van der Waals surface area contributed by atoms with Gasteiger partial charge in [-0.2, -0.15) is 0 Å². The third kappa shape index (κ3) is 5.87. The maximum Gasteiger partial charge on any atom is 0.254 e. The van der Waals surface area contributed by atoms with E-state index in [1.165, 1.54) is 12.1 Å². The molecule has 0 spiro atoms. The molecule has 0 atom stereocenters. The van der Waals surface area contributed by atoms with E-state index in [2.05, 4.69) is 58.4 Å². The first-order valence-electron chi connectivity index (χ1n) is 12.7. The molecule has 1 amide bonds. The van der Waals surface area contributed by atoms with Crippen LogP contribution in [0.2, 0.25) is 0 Å². The first kappa shape index (κ1) is 25.5. The van der Waals surface area contributed by atoms with E-state index in [-0.39, 0.29) is 11.5 Å². The Hall–Kier alpha value is -4.16. The lowest BCUT2D eigenvalue weighted by atomic mass is 10.0. The highest BCUT2D eigenvalue weighted by molar-refractivity contribution is 7.99. The van der Waals surface area contributed by atoms with Gasteiger partial charge in [0.25, 0.3) is 5.91 Å². The average Bonchev–Trinajstić information content (AvgIpc) is 3.36. The van der Waals surface area contributed by atoms with Crippen molar-refractivity contribution >= 4 is 17.7 Å². The topological polar surface area (TPSA) is 46.9 Å². The molecule has 190 valence electrons. The number of hydrogen-bond donors (Lipinski definition) is 1. The summed E-state index contributed by atoms with van der Waals surface area (Å²) in [5, 5.41) is 3.74. The monoisotopic (exact) mass is 521 g/mol. The van der Waals surface area contributed by atoms with Gasteiger partial charge in [-0.05, 0) is 37.1 Å². The minimum Gasteiger partial charge on any atom is -0.352 e. The summed E-state index contributed by atoms with van der Waals surface area (Å²) >= 11 is 1.70. The number of amides is 1. The van der Waals surface area contributed by atoms with Gasteiger partial charge in [-0.25, -0.2) is 9.37 Å². The van der Waals surface area contributed by atoms with Crippen molar-refractivity contribution in [1.29, 1.82) is 0 Å². The fraction of sp³-hybridized carbons (Fsp3) is 0.125. The Labute approximate surface area is 226 Å². The molecule has 38 heavy (non-hydrogen) atoms. The summed E-state index contributed by atoms with van der Waals surface area (Å²) < 4.78 is 16.1. The van der Waals surface area contributed by atoms with Crippen LogP contribution in [0.4, 0.5) is 4.39 Å². The molecule has 1 heterocycles. The van der Waals surface area contributed by atoms with E-state index < -0.39 is 5.82 Å². The number of halogens is 1. The SMILES string of the molecule is O=C(NCCCCSc1nc(-c2ccccc2)c(-c2ccccc2)n1-c1ccccc1)c1ccccc1F. The Morgan fingerprint density at radius 2 is 1.37 bits per heavy atom. The Bertz CT molecular complexity index is 1490. The van der Waals surface area contributed by atoms with Gasteiger partial charge in [0.05, 0.1) is 17.0 Å². The predicted octanol–water partition coefficient (Wildman–Crippen LogP) is 7.65. The molecule has 0 bridgehead atoms. The minimum absolute atomic E-state index is 0.0775. The van der Waals surface area contributed by atoms with Crippen molar-refractivity contribution in [2.45, 2.75) is 18.0 Å². The third-order valence-electron chi connectivity index (χ3n) is 6.16. The van der Waals surface area contributed by atoms with Gasteiger partial charge >= 0.3 is 0 Å². The van der Waals surface area contributed by atoms with Crippen molar-refractivity contribution in [1.82, 2.24) is 14.9 Å². The summed E-state index contributed by atoms with van der Waals surface area (Å²) in [6, 6.07) is 37.0. The molecule has 4 nitrogen and oxygen atoms in total. The summed E-state index contributed by atoms with van der Waals surface area (Å²) in [4.78, 5) is 17.4. The fourth-order valence-corrected chi connectivity index (χ4v) is 5.32. The highest BCUT2D eigenvalue weighted by Gasteiger charge is 2.21. The standard InChI is InChI=1S/C32H28FN3OS/c33-28-21-11-10-20-27(28)31(37)34-22-12-13-23-38-32-35-29(24-14-4-1-5-15-24)30(25-16-6-2-7-17-25)36(32)26-18-8-3-9-19-26/h1-11,14-21H,12-13,22-23H2,(H,34,37). The van der Waals surface area contributed by atoms with Crippen LogP contribution in [-0.2, 0) is 0 Å². The van der Waals surface area contributed by atoms with Crippen LogP contribution in [0, 0.1) is 5.82 Å². The average molecular weight is 522 g/mol. The number of benzene rings is 4. The Morgan fingerprint density at radius 3 is 2.05 bits per heavy atom. The number of unbranched alkanes of at least 4 members (excludes halogenated alkanes) is 1. The van der Waals surface area contributed by atoms with Gasteiger partial charge in [-0.3, -0.25) is 9.36 Å². The molecule has 5 rings (SSSR count). The van der Waals surface area contributed by atoms with Crippen LogP contribution in [0.25, 0.3) is 28.2 Å². The first-order valence-corrected chi connectivity index (χ1v) is 13.7. The molecule has 6 heteroatoms. The van der Waals surface area contributed by atoms with Crippen LogP contribution < -0.4 is 5.32 Å². The second-order valence-corrected chi connectivity index (χ2v) is 9.85. The molecule has 5 aromatic rings. The van der Waals surface area contributed by atoms with Gasteiger partial charge < -0.3 is 5.32 Å². The second kappa shape index (κ2) is 12.4. The molecule has 0 unspecified atom stereocenters. The van der Waals surface area contributed by atoms with Gasteiger partial charge in [0.2, 0.25) is 0 Å². The molecule has 0 aliphatic heterocycles. The van der Waals surface area contributed by atoms with Crippen LogP contribution in [0.1, 0.15) is 23.2 Å². The number of nitrogens with zero attached hydrogens (tertiary/aromatic N) is 2. The molecule has 0 saturated carbocycles. The van der Waals surface area contributed by atoms with E-state index in [1.807, 2.05) is 42.5 Å². The van der Waals surface area contributed by atoms with Crippen LogP contribution in [0.15, 0.2) is 120 Å². The highest BCUT2D eigenvalue weighted by atomic mass is 32.2. The first-order chi connectivity index (χ1) is 18.7. The zero-order valence-corrected chi connectivity index (χ0v) is 21.7. The minimum atomic E-state index is -0.503. The summed E-state index contributed by atoms with van der Waals surface area (Å²) in [5.74, 6) is -0.0471. The lowest BCUT2D eigenvalue weighted by Gasteiger charge is -2.13. The number of hydrogen-bond acceptors (Lipinski definition) is 3. The van der Waals surface area contributed by atoms with E-state index in [0.29, 0.717) is 6.54 Å². The number of para-hydroxylation sites is 1. The normalized spacial score (nSPS) is 10.9. The van der Waals surface area contributed by atoms with Gasteiger partial charge in [-0.1, -0.05) is 103 Å². The number of carbonyl (C=O) groups is 1. The molecule has 0 aliphatic rings. The number of carbonyl (C=O) groups excluding carboxylic acids is 1. The maximum atomic E-state index is 13.8. The smallest absolute Gasteiger partial charge is 0.254 e. The van der Waals surface area contributed by atoms with Crippen LogP contribution in [0.3, 0.4) is 0 Å². The van der Waals surface area contributed by atoms with Crippen molar-refractivity contribution in [2.75, 3.05) is 12.3 Å². The Kier molecular flexibility index (Phi) is 8.31. The Balaban J connectivity index is 1.35. The summed E-state index contributed by atoms with van der Waals surface area (Å²) in [6.45, 7) is 0.491. The molecule has 1 N–H and O–H groups in total. The Morgan fingerprint density at radius 1 is 0.763 bits per heavy atom. The molecular weight excluding hydrogens is 493 g/mol. The third-order valence-corrected chi connectivity index (χ3v) is 7.19. The van der Waals surface area contributed by atoms with E-state index in [1.54, 1.807) is 23.9 Å². The lowest BCUT2D eigenvalue weighted by molar-refractivity contribution is 0.0949. The molecule has 0 aliphatic carbocycles. The van der Waals surface area contributed by atoms with Crippen molar-refractivity contribution in [2.24, 2.45) is 0 Å². The second-order valence-electron chi connectivity index (χ2n) is 8.79. The number of imidazole rings is 1. The van der Waals surface area contributed by atoms with E-state index in [4.69, 9.17) is 4.98 Å². The van der Waals surface area contributed by atoms with Gasteiger partial charge in [0.15, 0.2) is 5.16 Å². The highest BCUT2D eigenvalue weighted by Crippen LogP contribution is 2.38. The van der Waals surface area contributed by atoms with E-state index in [0.717, 1.165) is 52.0 Å². The zero-order chi connectivity index (χ0) is 26.2. The number of rotatable bonds is 10. The fourth-order valence-electron chi connectivity index (χ4n) is 4.31. The lowest BCUT2D eigenvalue weighted by Crippen LogP contribution is -2.25. The van der Waals surface area contributed by atoms with Crippen LogP contribution in [0.5, 0.6) is 0 Å². The van der Waals surface area contributed by atoms with E-state index in [9.17, 15) is 9.18 Å². The zero-order valence-electron chi connectivity index (χ0n) is 20.9. The van der Waals surface area contributed by atoms with Gasteiger partial charge in [0, 0.05) is 29.1 Å². The molecular formula is C32H28FN3OS. The quantitative estimate of drug-likeness (QED) is 0.152. The molecule has 4 aromatic carbocycles. The largest absolute Gasteiger partial charge is 0.352 e. The number of aromatic nitrogens is 2. The number of nitrogens with one attached hydrogen (secondary N) is 1. The maximum absolute atomic E-state index is 13.8. The number of thioether (sulfide) groups is 1.